The third-order valence-corrected chi connectivity index (χ3v) is 12.3. The number of phenolic OH excluding ortho intramolecular Hbond substituents is 3. The quantitative estimate of drug-likeness (QED) is 0.0263. The number of likely N-dealkylation sites (N-methyl/N-ethyl adjacent to an activating group) is 1. The molecule has 11 N–H and O–H groups in total. The van der Waals surface area contributed by atoms with Crippen molar-refractivity contribution in [3.63, 3.8) is 0 Å². The molecule has 340 valence electrons. The highest BCUT2D eigenvalue weighted by Gasteiger charge is 2.21. The van der Waals surface area contributed by atoms with E-state index in [1.165, 1.54) is 22.3 Å². The molecule has 11 heteroatoms. The van der Waals surface area contributed by atoms with Crippen LogP contribution in [-0.2, 0) is 32.1 Å². The summed E-state index contributed by atoms with van der Waals surface area (Å²) < 4.78 is 0. The van der Waals surface area contributed by atoms with Gasteiger partial charge in [0.15, 0.2) is 0 Å². The first-order valence-corrected chi connectivity index (χ1v) is 24.2. The van der Waals surface area contributed by atoms with Crippen LogP contribution in [0.4, 0.5) is 0 Å². The molecular weight excluding hydrogens is 803 g/mol. The van der Waals surface area contributed by atoms with Crippen LogP contribution in [0.5, 0.6) is 17.2 Å². The van der Waals surface area contributed by atoms with E-state index in [1.54, 1.807) is 36.4 Å². The Labute approximate surface area is 381 Å². The lowest BCUT2D eigenvalue weighted by Gasteiger charge is -2.29. The highest BCUT2D eigenvalue weighted by molar-refractivity contribution is 7.98. The van der Waals surface area contributed by atoms with E-state index in [4.69, 9.17) is 5.73 Å². The molecule has 10 nitrogen and oxygen atoms in total. The van der Waals surface area contributed by atoms with Gasteiger partial charge in [-0.1, -0.05) is 104 Å². The van der Waals surface area contributed by atoms with E-state index >= 15 is 0 Å². The largest absolute Gasteiger partial charge is 0.508 e. The maximum atomic E-state index is 10.0. The maximum Gasteiger partial charge on any atom is 0.115 e. The van der Waals surface area contributed by atoms with Crippen LogP contribution in [0.25, 0.3) is 0 Å². The van der Waals surface area contributed by atoms with Gasteiger partial charge in [-0.05, 0) is 121 Å². The standard InChI is InChI=1S/C52H73N7O3S/c1-3-54-45(30-41-14-20-50(60)21-15-41)34-56-49(32-43-18-24-52(62)25-19-43)38-58-46(28-39-10-6-4-7-11-39)36-57-47(29-40-12-8-5-9-13-40)37-59-48(31-42-16-22-51(61)23-17-42)35-55-44(33-53)26-27-63-2/h4-25,44-49,54-62H,3,26-38,53H2,1-2H3/t44-,45-,46-,47-,48-,49-/m0/s1. The topological polar surface area (TPSA) is 159 Å². The zero-order valence-electron chi connectivity index (χ0n) is 37.4. The summed E-state index contributed by atoms with van der Waals surface area (Å²) in [5.74, 6) is 1.89. The van der Waals surface area contributed by atoms with E-state index in [2.05, 4.69) is 106 Å². The van der Waals surface area contributed by atoms with Crippen molar-refractivity contribution < 1.29 is 15.3 Å². The Kier molecular flexibility index (Phi) is 22.3. The Bertz CT molecular complexity index is 1920. The molecule has 0 heterocycles. The Balaban J connectivity index is 1.31. The number of hydrogen-bond donors (Lipinski definition) is 10. The molecule has 0 aliphatic heterocycles. The van der Waals surface area contributed by atoms with Gasteiger partial charge in [0.1, 0.15) is 17.2 Å². The van der Waals surface area contributed by atoms with Gasteiger partial charge in [0.2, 0.25) is 0 Å². The molecule has 0 aliphatic carbocycles. The Hall–Kier alpha value is -4.43. The summed E-state index contributed by atoms with van der Waals surface area (Å²) in [6.07, 6.45) is 7.38. The number of benzene rings is 5. The first kappa shape index (κ1) is 49.6. The third-order valence-electron chi connectivity index (χ3n) is 11.6. The normalized spacial score (nSPS) is 14.5. The summed E-state index contributed by atoms with van der Waals surface area (Å²) in [6, 6.07) is 45.1. The molecular formula is C52H73N7O3S. The fourth-order valence-corrected chi connectivity index (χ4v) is 8.55. The lowest BCUT2D eigenvalue weighted by atomic mass is 10.0. The van der Waals surface area contributed by atoms with Gasteiger partial charge in [-0.2, -0.15) is 11.8 Å². The van der Waals surface area contributed by atoms with E-state index < -0.39 is 0 Å². The zero-order valence-corrected chi connectivity index (χ0v) is 38.2. The van der Waals surface area contributed by atoms with E-state index in [0.717, 1.165) is 89.1 Å². The molecule has 0 spiro atoms. The molecule has 0 saturated carbocycles. The minimum Gasteiger partial charge on any atom is -0.508 e. The molecule has 0 fully saturated rings. The van der Waals surface area contributed by atoms with Gasteiger partial charge in [0, 0.05) is 75.5 Å². The maximum absolute atomic E-state index is 10.0. The zero-order chi connectivity index (χ0) is 44.5. The van der Waals surface area contributed by atoms with Gasteiger partial charge >= 0.3 is 0 Å². The second-order valence-corrected chi connectivity index (χ2v) is 17.8. The monoisotopic (exact) mass is 876 g/mol. The number of aromatic hydroxyl groups is 3. The summed E-state index contributed by atoms with van der Waals surface area (Å²) in [5, 5.41) is 53.2. The molecule has 63 heavy (non-hydrogen) atoms. The Morgan fingerprint density at radius 2 is 0.698 bits per heavy atom. The van der Waals surface area contributed by atoms with Crippen molar-refractivity contribution in [1.29, 1.82) is 0 Å². The van der Waals surface area contributed by atoms with Gasteiger partial charge in [-0.25, -0.2) is 0 Å². The van der Waals surface area contributed by atoms with Crippen LogP contribution in [0.1, 0.15) is 41.2 Å². The molecule has 5 aromatic carbocycles. The van der Waals surface area contributed by atoms with Gasteiger partial charge in [-0.3, -0.25) is 0 Å². The fraction of sp³-hybridized carbons (Fsp3) is 0.423. The first-order valence-electron chi connectivity index (χ1n) is 22.8. The van der Waals surface area contributed by atoms with E-state index in [9.17, 15) is 15.3 Å². The molecule has 0 radical (unpaired) electrons. The van der Waals surface area contributed by atoms with Crippen molar-refractivity contribution in [3.8, 4) is 17.2 Å². The molecule has 0 unspecified atom stereocenters. The van der Waals surface area contributed by atoms with Crippen molar-refractivity contribution in [2.24, 2.45) is 5.73 Å². The summed E-state index contributed by atoms with van der Waals surface area (Å²) in [4.78, 5) is 0. The van der Waals surface area contributed by atoms with Crippen LogP contribution < -0.4 is 37.6 Å². The third kappa shape index (κ3) is 19.5. The SMILES string of the molecule is CCN[C@H](CN[C@H](CN[C@H](CN[C@H](CN[C@H](CN[C@H](CN)CCSC)Cc1ccc(O)cc1)Cc1ccccc1)Cc1ccccc1)Cc1ccc(O)cc1)Cc1ccc(O)cc1. The van der Waals surface area contributed by atoms with Crippen LogP contribution in [0.15, 0.2) is 133 Å². The second kappa shape index (κ2) is 28.4. The molecule has 0 saturated heterocycles. The fourth-order valence-electron chi connectivity index (χ4n) is 8.03. The van der Waals surface area contributed by atoms with Crippen LogP contribution in [0, 0.1) is 0 Å². The first-order chi connectivity index (χ1) is 30.8. The number of nitrogens with two attached hydrogens (primary N) is 1. The number of thioether (sulfide) groups is 1. The van der Waals surface area contributed by atoms with Crippen molar-refractivity contribution in [1.82, 2.24) is 31.9 Å². The average Bonchev–Trinajstić information content (AvgIpc) is 3.30. The Morgan fingerprint density at radius 3 is 0.984 bits per heavy atom. The number of phenols is 3. The minimum atomic E-state index is 0.122. The molecule has 0 bridgehead atoms. The number of nitrogens with one attached hydrogen (secondary N) is 6. The molecule has 0 aromatic heterocycles. The lowest BCUT2D eigenvalue weighted by Crippen LogP contribution is -2.53. The highest BCUT2D eigenvalue weighted by atomic mass is 32.2. The van der Waals surface area contributed by atoms with Crippen LogP contribution in [-0.4, -0.2) is 109 Å². The number of rotatable bonds is 31. The minimum absolute atomic E-state index is 0.122. The predicted octanol–water partition coefficient (Wildman–Crippen LogP) is 5.80. The Morgan fingerprint density at radius 1 is 0.413 bits per heavy atom. The lowest BCUT2D eigenvalue weighted by molar-refractivity contribution is 0.360. The number of hydrogen-bond acceptors (Lipinski definition) is 11. The molecule has 0 amide bonds. The van der Waals surface area contributed by atoms with Crippen molar-refractivity contribution in [3.05, 3.63) is 161 Å². The van der Waals surface area contributed by atoms with Gasteiger partial charge in [0.05, 0.1) is 0 Å². The summed E-state index contributed by atoms with van der Waals surface area (Å²) in [5.41, 5.74) is 12.3. The van der Waals surface area contributed by atoms with Gasteiger partial charge in [-0.15, -0.1) is 0 Å². The summed E-state index contributed by atoms with van der Waals surface area (Å²) in [6.45, 7) is 7.44. The van der Waals surface area contributed by atoms with Crippen molar-refractivity contribution in [2.45, 2.75) is 81.7 Å². The predicted molar refractivity (Wildman–Crippen MR) is 264 cm³/mol. The molecule has 5 aromatic rings. The van der Waals surface area contributed by atoms with E-state index in [1.807, 2.05) is 48.2 Å². The molecule has 5 rings (SSSR count). The van der Waals surface area contributed by atoms with Gasteiger partial charge < -0.3 is 53.0 Å². The van der Waals surface area contributed by atoms with E-state index in [-0.39, 0.29) is 53.5 Å². The molecule has 6 atom stereocenters. The van der Waals surface area contributed by atoms with Crippen LogP contribution in [0.2, 0.25) is 0 Å². The molecule has 0 aliphatic rings. The van der Waals surface area contributed by atoms with Gasteiger partial charge in [0.25, 0.3) is 0 Å². The van der Waals surface area contributed by atoms with Crippen LogP contribution >= 0.6 is 11.8 Å². The summed E-state index contributed by atoms with van der Waals surface area (Å²) in [7, 11) is 0. The second-order valence-electron chi connectivity index (χ2n) is 16.8. The van der Waals surface area contributed by atoms with Crippen molar-refractivity contribution in [2.75, 3.05) is 57.8 Å². The smallest absolute Gasteiger partial charge is 0.115 e. The summed E-state index contributed by atoms with van der Waals surface area (Å²) >= 11 is 1.85. The highest BCUT2D eigenvalue weighted by Crippen LogP contribution is 2.15. The average molecular weight is 876 g/mol. The van der Waals surface area contributed by atoms with Crippen LogP contribution in [0.3, 0.4) is 0 Å². The van der Waals surface area contributed by atoms with E-state index in [0.29, 0.717) is 6.54 Å². The van der Waals surface area contributed by atoms with Crippen molar-refractivity contribution >= 4 is 11.8 Å².